The molecule has 0 aliphatic rings. The van der Waals surface area contributed by atoms with Gasteiger partial charge in [0.1, 0.15) is 0 Å². The van der Waals surface area contributed by atoms with Gasteiger partial charge in [-0.05, 0) is 27.4 Å². The van der Waals surface area contributed by atoms with Crippen LogP contribution in [-0.4, -0.2) is 23.7 Å². The highest BCUT2D eigenvalue weighted by atomic mass is 79.9. The molecule has 0 aliphatic heterocycles. The standard InChI is InChI=1S/C8H9BrN2O4S/c9-5-1-2-16-6(5)3-10-8(14)11-15-4-7(12)13/h1-2H,3-4H2,(H,12,13)(H2,10,11,14). The normalized spacial score (nSPS) is 9.81. The molecule has 0 saturated heterocycles. The van der Waals surface area contributed by atoms with E-state index in [0.29, 0.717) is 6.54 Å². The first-order chi connectivity index (χ1) is 7.59. The molecule has 0 bridgehead atoms. The van der Waals surface area contributed by atoms with Gasteiger partial charge in [-0.15, -0.1) is 11.3 Å². The Morgan fingerprint density at radius 2 is 2.31 bits per heavy atom. The van der Waals surface area contributed by atoms with Gasteiger partial charge in [0, 0.05) is 9.35 Å². The van der Waals surface area contributed by atoms with Crippen LogP contribution in [0.3, 0.4) is 0 Å². The average Bonchev–Trinajstić information content (AvgIpc) is 2.60. The summed E-state index contributed by atoms with van der Waals surface area (Å²) in [6.45, 7) is -0.226. The van der Waals surface area contributed by atoms with E-state index >= 15 is 0 Å². The highest BCUT2D eigenvalue weighted by molar-refractivity contribution is 9.10. The van der Waals surface area contributed by atoms with Gasteiger partial charge >= 0.3 is 12.0 Å². The molecule has 0 radical (unpaired) electrons. The molecule has 1 heterocycles. The fourth-order valence-electron chi connectivity index (χ4n) is 0.811. The number of aliphatic carboxylic acids is 1. The van der Waals surface area contributed by atoms with Gasteiger partial charge < -0.3 is 10.4 Å². The maximum Gasteiger partial charge on any atom is 0.339 e. The lowest BCUT2D eigenvalue weighted by Gasteiger charge is -2.05. The number of carbonyl (C=O) groups excluding carboxylic acids is 1. The summed E-state index contributed by atoms with van der Waals surface area (Å²) in [4.78, 5) is 26.5. The monoisotopic (exact) mass is 308 g/mol. The number of carboxylic acids is 1. The third-order valence-corrected chi connectivity index (χ3v) is 3.39. The average molecular weight is 309 g/mol. The van der Waals surface area contributed by atoms with E-state index in [1.54, 1.807) is 0 Å². The first-order valence-electron chi connectivity index (χ1n) is 4.19. The number of hydrogen-bond donors (Lipinski definition) is 3. The maximum atomic E-state index is 11.1. The van der Waals surface area contributed by atoms with Gasteiger partial charge in [0.2, 0.25) is 0 Å². The predicted molar refractivity (Wildman–Crippen MR) is 61.0 cm³/mol. The molecule has 16 heavy (non-hydrogen) atoms. The summed E-state index contributed by atoms with van der Waals surface area (Å²) < 4.78 is 0.921. The van der Waals surface area contributed by atoms with Gasteiger partial charge in [0.25, 0.3) is 0 Å². The zero-order valence-corrected chi connectivity index (χ0v) is 10.4. The van der Waals surface area contributed by atoms with Crippen LogP contribution in [0.25, 0.3) is 0 Å². The van der Waals surface area contributed by atoms with E-state index in [1.165, 1.54) is 11.3 Å². The molecule has 88 valence electrons. The zero-order valence-electron chi connectivity index (χ0n) is 8.03. The largest absolute Gasteiger partial charge is 0.479 e. The van der Waals surface area contributed by atoms with Crippen LogP contribution in [0.15, 0.2) is 15.9 Å². The van der Waals surface area contributed by atoms with E-state index in [9.17, 15) is 9.59 Å². The van der Waals surface area contributed by atoms with Gasteiger partial charge in [0.05, 0.1) is 6.54 Å². The highest BCUT2D eigenvalue weighted by Crippen LogP contribution is 2.21. The number of nitrogens with one attached hydrogen (secondary N) is 2. The number of carbonyl (C=O) groups is 2. The van der Waals surface area contributed by atoms with Crippen molar-refractivity contribution < 1.29 is 19.5 Å². The molecule has 0 saturated carbocycles. The molecular weight excluding hydrogens is 300 g/mol. The zero-order chi connectivity index (χ0) is 12.0. The minimum Gasteiger partial charge on any atom is -0.479 e. The Kier molecular flexibility index (Phi) is 5.23. The summed E-state index contributed by atoms with van der Waals surface area (Å²) in [6.07, 6.45) is 0. The first kappa shape index (κ1) is 12.9. The van der Waals surface area contributed by atoms with Crippen LogP contribution in [0.2, 0.25) is 0 Å². The second kappa shape index (κ2) is 6.46. The Hall–Kier alpha value is -1.12. The predicted octanol–water partition coefficient (Wildman–Crippen LogP) is 1.33. The van der Waals surface area contributed by atoms with Gasteiger partial charge in [-0.25, -0.2) is 15.1 Å². The van der Waals surface area contributed by atoms with Crippen LogP contribution in [0.5, 0.6) is 0 Å². The van der Waals surface area contributed by atoms with Gasteiger partial charge in [-0.3, -0.25) is 4.84 Å². The van der Waals surface area contributed by atoms with Gasteiger partial charge in [-0.2, -0.15) is 0 Å². The van der Waals surface area contributed by atoms with Crippen LogP contribution < -0.4 is 10.8 Å². The van der Waals surface area contributed by atoms with E-state index in [-0.39, 0.29) is 0 Å². The van der Waals surface area contributed by atoms with Crippen LogP contribution >= 0.6 is 27.3 Å². The fourth-order valence-corrected chi connectivity index (χ4v) is 2.24. The van der Waals surface area contributed by atoms with Crippen LogP contribution in [0, 0.1) is 0 Å². The quantitative estimate of drug-likeness (QED) is 0.716. The van der Waals surface area contributed by atoms with Gasteiger partial charge in [-0.1, -0.05) is 0 Å². The molecule has 0 atom stereocenters. The Balaban J connectivity index is 2.20. The molecule has 0 fully saturated rings. The van der Waals surface area contributed by atoms with Crippen molar-refractivity contribution in [1.82, 2.24) is 10.8 Å². The number of hydroxylamine groups is 1. The fraction of sp³-hybridized carbons (Fsp3) is 0.250. The number of thiophene rings is 1. The third kappa shape index (κ3) is 4.60. The Bertz CT molecular complexity index is 382. The molecule has 1 rings (SSSR count). The number of hydrogen-bond acceptors (Lipinski definition) is 4. The lowest BCUT2D eigenvalue weighted by molar-refractivity contribution is -0.144. The second-order valence-electron chi connectivity index (χ2n) is 2.66. The van der Waals surface area contributed by atoms with Crippen molar-refractivity contribution in [2.24, 2.45) is 0 Å². The Morgan fingerprint density at radius 3 is 2.88 bits per heavy atom. The van der Waals surface area contributed by atoms with E-state index in [2.05, 4.69) is 26.1 Å². The van der Waals surface area contributed by atoms with E-state index in [4.69, 9.17) is 5.11 Å². The summed E-state index contributed by atoms with van der Waals surface area (Å²) in [5.41, 5.74) is 1.95. The summed E-state index contributed by atoms with van der Waals surface area (Å²) >= 11 is 4.81. The molecule has 0 unspecified atom stereocenters. The van der Waals surface area contributed by atoms with Crippen molar-refractivity contribution in [2.75, 3.05) is 6.61 Å². The molecule has 0 spiro atoms. The van der Waals surface area contributed by atoms with Crippen molar-refractivity contribution in [3.63, 3.8) is 0 Å². The first-order valence-corrected chi connectivity index (χ1v) is 5.86. The Labute approximate surface area is 104 Å². The molecular formula is C8H9BrN2O4S. The SMILES string of the molecule is O=C(O)CONC(=O)NCc1sccc1Br. The molecule has 0 aromatic carbocycles. The second-order valence-corrected chi connectivity index (χ2v) is 4.51. The number of urea groups is 1. The third-order valence-electron chi connectivity index (χ3n) is 1.46. The number of halogens is 1. The summed E-state index contributed by atoms with van der Waals surface area (Å²) in [7, 11) is 0. The van der Waals surface area contributed by atoms with Crippen molar-refractivity contribution in [3.8, 4) is 0 Å². The van der Waals surface area contributed by atoms with E-state index < -0.39 is 18.6 Å². The number of carboxylic acid groups (broad SMARTS) is 1. The summed E-state index contributed by atoms with van der Waals surface area (Å²) in [6, 6.07) is 1.29. The lowest BCUT2D eigenvalue weighted by atomic mass is 10.5. The van der Waals surface area contributed by atoms with E-state index in [1.807, 2.05) is 16.9 Å². The molecule has 6 nitrogen and oxygen atoms in total. The van der Waals surface area contributed by atoms with Crippen molar-refractivity contribution in [3.05, 3.63) is 20.8 Å². The lowest BCUT2D eigenvalue weighted by Crippen LogP contribution is -2.36. The number of rotatable bonds is 5. The number of amides is 2. The van der Waals surface area contributed by atoms with Gasteiger partial charge in [0.15, 0.2) is 6.61 Å². The smallest absolute Gasteiger partial charge is 0.339 e. The molecule has 1 aromatic heterocycles. The highest BCUT2D eigenvalue weighted by Gasteiger charge is 2.05. The summed E-state index contributed by atoms with van der Waals surface area (Å²) in [5, 5.41) is 12.6. The van der Waals surface area contributed by atoms with Crippen LogP contribution in [0.1, 0.15) is 4.88 Å². The summed E-state index contributed by atoms with van der Waals surface area (Å²) in [5.74, 6) is -1.15. The molecule has 2 amide bonds. The van der Waals surface area contributed by atoms with E-state index in [0.717, 1.165) is 9.35 Å². The van der Waals surface area contributed by atoms with Crippen LogP contribution in [0.4, 0.5) is 4.79 Å². The van der Waals surface area contributed by atoms with Crippen molar-refractivity contribution >= 4 is 39.3 Å². The van der Waals surface area contributed by atoms with Crippen molar-refractivity contribution in [2.45, 2.75) is 6.54 Å². The topological polar surface area (TPSA) is 87.7 Å². The minimum absolute atomic E-state index is 0.348. The molecule has 8 heteroatoms. The Morgan fingerprint density at radius 1 is 1.56 bits per heavy atom. The molecule has 3 N–H and O–H groups in total. The minimum atomic E-state index is -1.15. The van der Waals surface area contributed by atoms with Crippen LogP contribution in [-0.2, 0) is 16.2 Å². The van der Waals surface area contributed by atoms with Crippen molar-refractivity contribution in [1.29, 1.82) is 0 Å². The molecule has 0 aliphatic carbocycles. The molecule has 1 aromatic rings. The maximum absolute atomic E-state index is 11.1.